The largest absolute Gasteiger partial charge is 0.481 e. The van der Waals surface area contributed by atoms with Gasteiger partial charge in [0.1, 0.15) is 6.42 Å². The van der Waals surface area contributed by atoms with Crippen molar-refractivity contribution in [2.24, 2.45) is 0 Å². The number of rotatable bonds is 5. The van der Waals surface area contributed by atoms with Crippen LogP contribution in [0.3, 0.4) is 0 Å². The van der Waals surface area contributed by atoms with Crippen LogP contribution in [0.5, 0.6) is 5.75 Å². The number of carbonyl (C=O) groups is 2. The molecule has 0 spiro atoms. The third kappa shape index (κ3) is 4.88. The van der Waals surface area contributed by atoms with Crippen molar-refractivity contribution in [1.82, 2.24) is 0 Å². The molecule has 104 valence electrons. The number of nitrogens with one attached hydrogen (secondary N) is 1. The zero-order valence-corrected chi connectivity index (χ0v) is 10.6. The topological polar surface area (TPSA) is 75.6 Å². The lowest BCUT2D eigenvalue weighted by Crippen LogP contribution is -2.16. The maximum atomic E-state index is 12.1. The molecule has 1 aromatic rings. The molecule has 1 amide bonds. The molecule has 5 nitrogen and oxygen atoms in total. The minimum Gasteiger partial charge on any atom is -0.481 e. The molecule has 2 N–H and O–H groups in total. The molecule has 0 atom stereocenters. The summed E-state index contributed by atoms with van der Waals surface area (Å²) in [6, 6.07) is 2.23. The van der Waals surface area contributed by atoms with Gasteiger partial charge in [-0.1, -0.05) is 23.2 Å². The summed E-state index contributed by atoms with van der Waals surface area (Å²) < 4.78 is 28.2. The average Bonchev–Trinajstić information content (AvgIpc) is 2.21. The smallest absolute Gasteiger partial charge is 0.387 e. The van der Waals surface area contributed by atoms with Gasteiger partial charge >= 0.3 is 12.6 Å². The van der Waals surface area contributed by atoms with Crippen LogP contribution in [0.1, 0.15) is 6.42 Å². The minimum absolute atomic E-state index is 0.0721. The number of benzene rings is 1. The number of ether oxygens (including phenoxy) is 1. The number of carbonyl (C=O) groups excluding carboxylic acids is 1. The van der Waals surface area contributed by atoms with Crippen LogP contribution < -0.4 is 10.1 Å². The van der Waals surface area contributed by atoms with E-state index in [1.165, 1.54) is 0 Å². The fourth-order valence-electron chi connectivity index (χ4n) is 1.18. The van der Waals surface area contributed by atoms with Crippen molar-refractivity contribution >= 4 is 40.8 Å². The number of hydrogen-bond acceptors (Lipinski definition) is 3. The van der Waals surface area contributed by atoms with E-state index in [0.717, 1.165) is 12.1 Å². The monoisotopic (exact) mass is 313 g/mol. The van der Waals surface area contributed by atoms with Crippen LogP contribution in [0.4, 0.5) is 14.5 Å². The Balaban J connectivity index is 2.88. The second kappa shape index (κ2) is 6.53. The van der Waals surface area contributed by atoms with Crippen LogP contribution in [0, 0.1) is 0 Å². The normalized spacial score (nSPS) is 10.4. The van der Waals surface area contributed by atoms with Crippen molar-refractivity contribution in [3.05, 3.63) is 22.2 Å². The van der Waals surface area contributed by atoms with E-state index in [1.807, 2.05) is 0 Å². The zero-order chi connectivity index (χ0) is 14.6. The molecule has 0 aliphatic rings. The quantitative estimate of drug-likeness (QED) is 0.819. The molecule has 19 heavy (non-hydrogen) atoms. The molecule has 0 radical (unpaired) electrons. The van der Waals surface area contributed by atoms with Crippen molar-refractivity contribution < 1.29 is 28.2 Å². The van der Waals surface area contributed by atoms with Gasteiger partial charge in [-0.3, -0.25) is 9.59 Å². The lowest BCUT2D eigenvalue weighted by molar-refractivity contribution is -0.139. The van der Waals surface area contributed by atoms with E-state index >= 15 is 0 Å². The van der Waals surface area contributed by atoms with Crippen LogP contribution in [-0.4, -0.2) is 23.6 Å². The maximum absolute atomic E-state index is 12.1. The highest BCUT2D eigenvalue weighted by atomic mass is 35.5. The Morgan fingerprint density at radius 3 is 2.26 bits per heavy atom. The molecule has 0 saturated carbocycles. The summed E-state index contributed by atoms with van der Waals surface area (Å²) >= 11 is 11.3. The van der Waals surface area contributed by atoms with Gasteiger partial charge in [0.15, 0.2) is 5.75 Å². The van der Waals surface area contributed by atoms with Gasteiger partial charge in [-0.25, -0.2) is 0 Å². The lowest BCUT2D eigenvalue weighted by atomic mass is 10.3. The Labute approximate surface area is 116 Å². The zero-order valence-electron chi connectivity index (χ0n) is 9.12. The molecule has 0 heterocycles. The number of halogens is 4. The Morgan fingerprint density at radius 2 is 1.84 bits per heavy atom. The van der Waals surface area contributed by atoms with E-state index in [-0.39, 0.29) is 15.7 Å². The number of carboxylic acids is 1. The Bertz CT molecular complexity index is 487. The molecule has 1 aromatic carbocycles. The first-order chi connectivity index (χ1) is 8.79. The summed E-state index contributed by atoms with van der Waals surface area (Å²) in [5.74, 6) is -2.54. The molecule has 0 fully saturated rings. The highest BCUT2D eigenvalue weighted by Crippen LogP contribution is 2.36. The number of aliphatic carboxylic acids is 1. The van der Waals surface area contributed by atoms with E-state index in [0.29, 0.717) is 0 Å². The first-order valence-corrected chi connectivity index (χ1v) is 5.50. The number of anilines is 1. The standard InChI is InChI=1S/C10H7Cl2F2NO4/c11-5-1-4(15-7(16)3-8(17)18)2-6(12)9(5)19-10(13)14/h1-2,10H,3H2,(H,15,16)(H,17,18). The van der Waals surface area contributed by atoms with Gasteiger partial charge in [0.05, 0.1) is 10.0 Å². The van der Waals surface area contributed by atoms with Crippen LogP contribution in [0.15, 0.2) is 12.1 Å². The van der Waals surface area contributed by atoms with Crippen molar-refractivity contribution in [2.75, 3.05) is 5.32 Å². The van der Waals surface area contributed by atoms with Gasteiger partial charge in [-0.2, -0.15) is 8.78 Å². The molecule has 0 bridgehead atoms. The van der Waals surface area contributed by atoms with E-state index < -0.39 is 30.7 Å². The minimum atomic E-state index is -3.09. The van der Waals surface area contributed by atoms with E-state index in [2.05, 4.69) is 10.1 Å². The molecule has 0 aliphatic heterocycles. The number of amides is 1. The molecule has 0 saturated heterocycles. The molecular weight excluding hydrogens is 307 g/mol. The van der Waals surface area contributed by atoms with Crippen LogP contribution >= 0.6 is 23.2 Å². The van der Waals surface area contributed by atoms with Crippen molar-refractivity contribution in [3.8, 4) is 5.75 Å². The van der Waals surface area contributed by atoms with E-state index in [1.54, 1.807) is 0 Å². The molecular formula is C10H7Cl2F2NO4. The SMILES string of the molecule is O=C(O)CC(=O)Nc1cc(Cl)c(OC(F)F)c(Cl)c1. The number of alkyl halides is 2. The second-order valence-electron chi connectivity index (χ2n) is 3.27. The molecule has 0 aliphatic carbocycles. The van der Waals surface area contributed by atoms with E-state index in [9.17, 15) is 18.4 Å². The van der Waals surface area contributed by atoms with Gasteiger partial charge in [-0.05, 0) is 12.1 Å². The fourth-order valence-corrected chi connectivity index (χ4v) is 1.75. The summed E-state index contributed by atoms with van der Waals surface area (Å²) in [6.45, 7) is -3.09. The van der Waals surface area contributed by atoms with Crippen LogP contribution in [0.2, 0.25) is 10.0 Å². The first-order valence-electron chi connectivity index (χ1n) is 4.75. The molecule has 0 aromatic heterocycles. The second-order valence-corrected chi connectivity index (χ2v) is 4.08. The molecule has 1 rings (SSSR count). The highest BCUT2D eigenvalue weighted by Gasteiger charge is 2.15. The lowest BCUT2D eigenvalue weighted by Gasteiger charge is -2.11. The van der Waals surface area contributed by atoms with Crippen LogP contribution in [0.25, 0.3) is 0 Å². The van der Waals surface area contributed by atoms with Crippen molar-refractivity contribution in [2.45, 2.75) is 13.0 Å². The van der Waals surface area contributed by atoms with Crippen LogP contribution in [-0.2, 0) is 9.59 Å². The van der Waals surface area contributed by atoms with Gasteiger partial charge in [0, 0.05) is 5.69 Å². The molecule has 0 unspecified atom stereocenters. The summed E-state index contributed by atoms with van der Waals surface area (Å²) in [4.78, 5) is 21.5. The summed E-state index contributed by atoms with van der Waals surface area (Å²) in [5, 5.41) is 10.1. The maximum Gasteiger partial charge on any atom is 0.387 e. The van der Waals surface area contributed by atoms with Crippen molar-refractivity contribution in [1.29, 1.82) is 0 Å². The highest BCUT2D eigenvalue weighted by molar-refractivity contribution is 6.37. The first kappa shape index (κ1) is 15.5. The fraction of sp³-hybridized carbons (Fsp3) is 0.200. The summed E-state index contributed by atoms with van der Waals surface area (Å²) in [6.07, 6.45) is -0.746. The Kier molecular flexibility index (Phi) is 5.31. The Morgan fingerprint density at radius 1 is 1.32 bits per heavy atom. The summed E-state index contributed by atoms with van der Waals surface area (Å²) in [5.41, 5.74) is 0.0721. The number of hydrogen-bond donors (Lipinski definition) is 2. The van der Waals surface area contributed by atoms with Gasteiger partial charge in [0.25, 0.3) is 0 Å². The van der Waals surface area contributed by atoms with Crippen molar-refractivity contribution in [3.63, 3.8) is 0 Å². The Hall–Kier alpha value is -1.60. The average molecular weight is 314 g/mol. The van der Waals surface area contributed by atoms with Gasteiger partial charge in [-0.15, -0.1) is 0 Å². The van der Waals surface area contributed by atoms with E-state index in [4.69, 9.17) is 28.3 Å². The predicted molar refractivity (Wildman–Crippen MR) is 64.0 cm³/mol. The van der Waals surface area contributed by atoms with Gasteiger partial charge in [0.2, 0.25) is 5.91 Å². The summed E-state index contributed by atoms with van der Waals surface area (Å²) in [7, 11) is 0. The number of carboxylic acid groups (broad SMARTS) is 1. The van der Waals surface area contributed by atoms with Gasteiger partial charge < -0.3 is 15.2 Å². The third-order valence-corrected chi connectivity index (χ3v) is 2.36. The third-order valence-electron chi connectivity index (χ3n) is 1.80. The predicted octanol–water partition coefficient (Wildman–Crippen LogP) is 3.01. The molecule has 9 heteroatoms.